The second-order valence-electron chi connectivity index (χ2n) is 4.20. The fourth-order valence-corrected chi connectivity index (χ4v) is 3.78. The number of carboxylic acid groups (broad SMARTS) is 1. The van der Waals surface area contributed by atoms with Gasteiger partial charge in [0.1, 0.15) is 6.04 Å². The Morgan fingerprint density at radius 1 is 1.50 bits per heavy atom. The minimum absolute atomic E-state index is 0.0392. The first-order valence-corrected chi connectivity index (χ1v) is 9.03. The highest BCUT2D eigenvalue weighted by Gasteiger charge is 2.26. The van der Waals surface area contributed by atoms with Crippen molar-refractivity contribution in [2.75, 3.05) is 12.0 Å². The van der Waals surface area contributed by atoms with E-state index in [1.165, 1.54) is 30.0 Å². The molecule has 2 N–H and O–H groups in total. The molecule has 1 atom stereocenters. The van der Waals surface area contributed by atoms with Crippen molar-refractivity contribution in [1.29, 1.82) is 0 Å². The van der Waals surface area contributed by atoms with Gasteiger partial charge in [0, 0.05) is 5.02 Å². The molecule has 112 valence electrons. The molecule has 0 aliphatic rings. The Hall–Kier alpha value is -0.760. The largest absolute Gasteiger partial charge is 0.480 e. The van der Waals surface area contributed by atoms with E-state index in [-0.39, 0.29) is 11.3 Å². The number of nitrogens with one attached hydrogen (secondary N) is 1. The summed E-state index contributed by atoms with van der Waals surface area (Å²) >= 11 is 7.24. The van der Waals surface area contributed by atoms with Gasteiger partial charge in [-0.15, -0.1) is 0 Å². The van der Waals surface area contributed by atoms with Crippen LogP contribution in [0.1, 0.15) is 12.0 Å². The lowest BCUT2D eigenvalue weighted by atomic mass is 10.2. The van der Waals surface area contributed by atoms with Crippen molar-refractivity contribution >= 4 is 39.4 Å². The molecule has 0 spiro atoms. The summed E-state index contributed by atoms with van der Waals surface area (Å²) in [5.41, 5.74) is 0.471. The molecule has 20 heavy (non-hydrogen) atoms. The molecular formula is C12H16ClNO4S2. The van der Waals surface area contributed by atoms with Crippen LogP contribution >= 0.6 is 23.4 Å². The molecule has 1 aromatic carbocycles. The Balaban J connectivity index is 3.00. The summed E-state index contributed by atoms with van der Waals surface area (Å²) in [4.78, 5) is 11.1. The van der Waals surface area contributed by atoms with Crippen molar-refractivity contribution in [2.45, 2.75) is 24.3 Å². The number of aryl methyl sites for hydroxylation is 1. The van der Waals surface area contributed by atoms with Crippen LogP contribution in [0.2, 0.25) is 5.02 Å². The van der Waals surface area contributed by atoms with E-state index >= 15 is 0 Å². The number of aliphatic carboxylic acids is 1. The lowest BCUT2D eigenvalue weighted by Gasteiger charge is -2.15. The van der Waals surface area contributed by atoms with E-state index in [1.807, 2.05) is 6.26 Å². The lowest BCUT2D eigenvalue weighted by Crippen LogP contribution is -2.41. The number of rotatable bonds is 7. The summed E-state index contributed by atoms with van der Waals surface area (Å²) in [5, 5.41) is 9.50. The molecule has 0 fully saturated rings. The van der Waals surface area contributed by atoms with Crippen molar-refractivity contribution < 1.29 is 18.3 Å². The molecule has 0 bridgehead atoms. The number of thioether (sulfide) groups is 1. The summed E-state index contributed by atoms with van der Waals surface area (Å²) in [6.45, 7) is 1.61. The molecule has 0 amide bonds. The van der Waals surface area contributed by atoms with E-state index < -0.39 is 22.0 Å². The number of halogens is 1. The van der Waals surface area contributed by atoms with Crippen LogP contribution in [0.25, 0.3) is 0 Å². The van der Waals surface area contributed by atoms with Gasteiger partial charge >= 0.3 is 5.97 Å². The van der Waals surface area contributed by atoms with E-state index in [0.717, 1.165) is 0 Å². The topological polar surface area (TPSA) is 83.5 Å². The van der Waals surface area contributed by atoms with Crippen LogP contribution < -0.4 is 4.72 Å². The van der Waals surface area contributed by atoms with E-state index in [9.17, 15) is 13.2 Å². The van der Waals surface area contributed by atoms with Gasteiger partial charge in [0.25, 0.3) is 0 Å². The minimum atomic E-state index is -3.88. The summed E-state index contributed by atoms with van der Waals surface area (Å²) in [7, 11) is -3.88. The van der Waals surface area contributed by atoms with Crippen molar-refractivity contribution in [3.63, 3.8) is 0 Å². The first-order chi connectivity index (χ1) is 9.27. The first-order valence-electron chi connectivity index (χ1n) is 5.78. The minimum Gasteiger partial charge on any atom is -0.480 e. The molecule has 0 unspecified atom stereocenters. The van der Waals surface area contributed by atoms with Gasteiger partial charge in [-0.25, -0.2) is 8.42 Å². The van der Waals surface area contributed by atoms with Crippen LogP contribution in [-0.2, 0) is 14.8 Å². The molecular weight excluding hydrogens is 322 g/mol. The molecule has 0 radical (unpaired) electrons. The summed E-state index contributed by atoms with van der Waals surface area (Å²) in [6, 6.07) is 3.21. The number of sulfonamides is 1. The molecule has 0 aliphatic heterocycles. The summed E-state index contributed by atoms with van der Waals surface area (Å²) in [6.07, 6.45) is 2.05. The van der Waals surface area contributed by atoms with Crippen molar-refractivity contribution in [3.8, 4) is 0 Å². The van der Waals surface area contributed by atoms with Gasteiger partial charge in [0.2, 0.25) is 10.0 Å². The Morgan fingerprint density at radius 2 is 2.15 bits per heavy atom. The molecule has 1 rings (SSSR count). The molecule has 5 nitrogen and oxygen atoms in total. The summed E-state index contributed by atoms with van der Waals surface area (Å²) < 4.78 is 26.7. The van der Waals surface area contributed by atoms with Crippen LogP contribution in [0.4, 0.5) is 0 Å². The normalized spacial score (nSPS) is 13.2. The molecule has 0 saturated heterocycles. The summed E-state index contributed by atoms with van der Waals surface area (Å²) in [5.74, 6) is -0.631. The number of carboxylic acids is 1. The highest BCUT2D eigenvalue weighted by Crippen LogP contribution is 2.20. The molecule has 8 heteroatoms. The Bertz CT molecular complexity index is 589. The zero-order valence-electron chi connectivity index (χ0n) is 11.1. The highest BCUT2D eigenvalue weighted by atomic mass is 35.5. The number of benzene rings is 1. The average molecular weight is 338 g/mol. The van der Waals surface area contributed by atoms with Gasteiger partial charge in [0.05, 0.1) is 4.90 Å². The van der Waals surface area contributed by atoms with Gasteiger partial charge < -0.3 is 5.11 Å². The smallest absolute Gasteiger partial charge is 0.321 e. The van der Waals surface area contributed by atoms with Crippen molar-refractivity contribution in [1.82, 2.24) is 4.72 Å². The van der Waals surface area contributed by atoms with Crippen LogP contribution in [0.3, 0.4) is 0 Å². The molecule has 0 aromatic heterocycles. The second kappa shape index (κ2) is 7.31. The third kappa shape index (κ3) is 4.66. The third-order valence-corrected chi connectivity index (χ3v) is 5.14. The second-order valence-corrected chi connectivity index (χ2v) is 7.31. The molecule has 0 aliphatic carbocycles. The third-order valence-electron chi connectivity index (χ3n) is 2.63. The maximum atomic E-state index is 12.2. The van der Waals surface area contributed by atoms with Crippen LogP contribution in [0, 0.1) is 6.92 Å². The zero-order valence-corrected chi connectivity index (χ0v) is 13.5. The van der Waals surface area contributed by atoms with Crippen LogP contribution in [0.15, 0.2) is 23.1 Å². The fourth-order valence-electron chi connectivity index (χ4n) is 1.63. The Labute approximate surface area is 127 Å². The van der Waals surface area contributed by atoms with Crippen LogP contribution in [-0.4, -0.2) is 37.5 Å². The Morgan fingerprint density at radius 3 is 2.65 bits per heavy atom. The maximum absolute atomic E-state index is 12.2. The average Bonchev–Trinajstić information content (AvgIpc) is 2.33. The Kier molecular flexibility index (Phi) is 6.32. The quantitative estimate of drug-likeness (QED) is 0.796. The molecule has 0 heterocycles. The highest BCUT2D eigenvalue weighted by molar-refractivity contribution is 7.98. The van der Waals surface area contributed by atoms with E-state index in [1.54, 1.807) is 6.92 Å². The molecule has 0 saturated carbocycles. The zero-order chi connectivity index (χ0) is 15.3. The van der Waals surface area contributed by atoms with Crippen molar-refractivity contribution in [2.24, 2.45) is 0 Å². The van der Waals surface area contributed by atoms with Gasteiger partial charge in [-0.2, -0.15) is 16.5 Å². The van der Waals surface area contributed by atoms with E-state index in [2.05, 4.69) is 4.72 Å². The van der Waals surface area contributed by atoms with E-state index in [4.69, 9.17) is 16.7 Å². The molecule has 1 aromatic rings. The van der Waals surface area contributed by atoms with Gasteiger partial charge in [-0.1, -0.05) is 11.6 Å². The van der Waals surface area contributed by atoms with Gasteiger partial charge in [0.15, 0.2) is 0 Å². The maximum Gasteiger partial charge on any atom is 0.321 e. The lowest BCUT2D eigenvalue weighted by molar-refractivity contribution is -0.139. The fraction of sp³-hybridized carbons (Fsp3) is 0.417. The monoisotopic (exact) mass is 337 g/mol. The number of hydrogen-bond donors (Lipinski definition) is 2. The number of hydrogen-bond acceptors (Lipinski definition) is 4. The van der Waals surface area contributed by atoms with Gasteiger partial charge in [-0.3, -0.25) is 4.79 Å². The van der Waals surface area contributed by atoms with Crippen molar-refractivity contribution in [3.05, 3.63) is 28.8 Å². The standard InChI is InChI=1S/C12H16ClNO4S2/c1-8-7-9(13)3-4-11(8)20(17,18)14-10(12(15)16)5-6-19-2/h3-4,7,10,14H,5-6H2,1-2H3,(H,15,16)/t10-/m1/s1. The van der Waals surface area contributed by atoms with Crippen LogP contribution in [0.5, 0.6) is 0 Å². The SMILES string of the molecule is CSCC[C@@H](NS(=O)(=O)c1ccc(Cl)cc1C)C(=O)O. The number of carbonyl (C=O) groups is 1. The van der Waals surface area contributed by atoms with Gasteiger partial charge in [-0.05, 0) is 49.1 Å². The predicted octanol–water partition coefficient (Wildman–Crippen LogP) is 2.13. The van der Waals surface area contributed by atoms with E-state index in [0.29, 0.717) is 16.3 Å². The predicted molar refractivity (Wildman–Crippen MR) is 80.9 cm³/mol. The first kappa shape index (κ1) is 17.3.